The maximum absolute atomic E-state index is 12.3. The number of thiophene rings is 1. The average Bonchev–Trinajstić information content (AvgIpc) is 3.04. The molecule has 2 bridgehead atoms. The molecule has 4 rings (SSSR count). The Morgan fingerprint density at radius 1 is 1.35 bits per heavy atom. The van der Waals surface area contributed by atoms with Crippen molar-refractivity contribution in [3.05, 3.63) is 29.3 Å². The molecule has 104 valence electrons. The van der Waals surface area contributed by atoms with Crippen LogP contribution in [0.2, 0.25) is 0 Å². The van der Waals surface area contributed by atoms with Crippen LogP contribution in [0, 0.1) is 5.92 Å². The Kier molecular flexibility index (Phi) is 2.97. The van der Waals surface area contributed by atoms with Gasteiger partial charge in [0.15, 0.2) is 0 Å². The highest BCUT2D eigenvalue weighted by molar-refractivity contribution is 7.16. The first-order valence-corrected chi connectivity index (χ1v) is 8.03. The number of carbonyl (C=O) groups is 1. The van der Waals surface area contributed by atoms with Crippen molar-refractivity contribution in [3.63, 3.8) is 0 Å². The van der Waals surface area contributed by atoms with Gasteiger partial charge in [0.05, 0.1) is 0 Å². The Morgan fingerprint density at radius 3 is 3.20 bits per heavy atom. The Bertz CT molecular complexity index is 641. The predicted octanol–water partition coefficient (Wildman–Crippen LogP) is 2.12. The molecule has 0 aromatic carbocycles. The van der Waals surface area contributed by atoms with Crippen molar-refractivity contribution in [1.29, 1.82) is 0 Å². The number of amides is 1. The lowest BCUT2D eigenvalue weighted by molar-refractivity contribution is 0.0905. The monoisotopic (exact) mass is 287 g/mol. The Hall–Kier alpha value is -1.46. The molecule has 4 nitrogen and oxygen atoms in total. The van der Waals surface area contributed by atoms with Gasteiger partial charge in [-0.15, -0.1) is 11.3 Å². The smallest absolute Gasteiger partial charge is 0.270 e. The standard InChI is InChI=1S/C15H17N3OS/c19-14(13-2-1-11-4-6-20-15(11)17-13)16-12-7-10-3-5-18(8-10)9-12/h1-2,4,6,10,12H,3,5,7-9H2,(H,16,19). The highest BCUT2D eigenvalue weighted by atomic mass is 32.1. The van der Waals surface area contributed by atoms with Gasteiger partial charge in [0.25, 0.3) is 5.91 Å². The molecule has 1 amide bonds. The van der Waals surface area contributed by atoms with Crippen LogP contribution < -0.4 is 5.32 Å². The van der Waals surface area contributed by atoms with Crippen molar-refractivity contribution in [2.45, 2.75) is 18.9 Å². The zero-order valence-corrected chi connectivity index (χ0v) is 12.0. The number of hydrogen-bond donors (Lipinski definition) is 1. The summed E-state index contributed by atoms with van der Waals surface area (Å²) in [6, 6.07) is 6.11. The van der Waals surface area contributed by atoms with Crippen LogP contribution in [0.4, 0.5) is 0 Å². The topological polar surface area (TPSA) is 45.2 Å². The molecule has 3 unspecified atom stereocenters. The van der Waals surface area contributed by atoms with Gasteiger partial charge >= 0.3 is 0 Å². The molecule has 0 radical (unpaired) electrons. The highest BCUT2D eigenvalue weighted by Gasteiger charge is 2.33. The molecular formula is C15H17N3OS. The number of piperidine rings is 1. The van der Waals surface area contributed by atoms with E-state index in [-0.39, 0.29) is 11.9 Å². The fraction of sp³-hybridized carbons (Fsp3) is 0.467. The van der Waals surface area contributed by atoms with Gasteiger partial charge in [-0.1, -0.05) is 0 Å². The van der Waals surface area contributed by atoms with Crippen molar-refractivity contribution in [3.8, 4) is 0 Å². The lowest BCUT2D eigenvalue weighted by Crippen LogP contribution is -2.47. The van der Waals surface area contributed by atoms with E-state index < -0.39 is 0 Å². The summed E-state index contributed by atoms with van der Waals surface area (Å²) in [5, 5.41) is 6.26. The van der Waals surface area contributed by atoms with E-state index in [2.05, 4.69) is 15.2 Å². The second kappa shape index (κ2) is 4.82. The van der Waals surface area contributed by atoms with E-state index in [1.807, 2.05) is 23.6 Å². The van der Waals surface area contributed by atoms with Crippen LogP contribution in [0.3, 0.4) is 0 Å². The molecule has 2 fully saturated rings. The third-order valence-electron chi connectivity index (χ3n) is 4.35. The van der Waals surface area contributed by atoms with E-state index >= 15 is 0 Å². The molecule has 5 heteroatoms. The van der Waals surface area contributed by atoms with E-state index in [0.717, 1.165) is 29.1 Å². The van der Waals surface area contributed by atoms with Gasteiger partial charge in [-0.2, -0.15) is 0 Å². The molecule has 0 aliphatic carbocycles. The lowest BCUT2D eigenvalue weighted by atomic mass is 9.97. The predicted molar refractivity (Wildman–Crippen MR) is 80.0 cm³/mol. The summed E-state index contributed by atoms with van der Waals surface area (Å²) in [6.07, 6.45) is 2.40. The Labute approximate surface area is 121 Å². The summed E-state index contributed by atoms with van der Waals surface area (Å²) >= 11 is 1.58. The zero-order valence-electron chi connectivity index (χ0n) is 11.2. The van der Waals surface area contributed by atoms with Crippen LogP contribution in [-0.2, 0) is 0 Å². The zero-order chi connectivity index (χ0) is 13.5. The first-order valence-electron chi connectivity index (χ1n) is 7.15. The van der Waals surface area contributed by atoms with Crippen LogP contribution in [0.15, 0.2) is 23.6 Å². The summed E-state index contributed by atoms with van der Waals surface area (Å²) in [4.78, 5) is 20.2. The third-order valence-corrected chi connectivity index (χ3v) is 5.17. The van der Waals surface area contributed by atoms with Gasteiger partial charge in [0.2, 0.25) is 0 Å². The fourth-order valence-corrected chi connectivity index (χ4v) is 4.16. The van der Waals surface area contributed by atoms with E-state index in [4.69, 9.17) is 0 Å². The minimum absolute atomic E-state index is 0.0344. The van der Waals surface area contributed by atoms with E-state index in [1.165, 1.54) is 19.5 Å². The molecule has 2 saturated heterocycles. The molecular weight excluding hydrogens is 270 g/mol. The number of fused-ring (bicyclic) bond motifs is 3. The van der Waals surface area contributed by atoms with Crippen LogP contribution in [0.25, 0.3) is 10.2 Å². The van der Waals surface area contributed by atoms with Crippen molar-refractivity contribution in [2.75, 3.05) is 19.6 Å². The highest BCUT2D eigenvalue weighted by Crippen LogP contribution is 2.27. The summed E-state index contributed by atoms with van der Waals surface area (Å²) in [6.45, 7) is 3.39. The lowest BCUT2D eigenvalue weighted by Gasteiger charge is -2.30. The Balaban J connectivity index is 1.49. The number of nitrogens with one attached hydrogen (secondary N) is 1. The van der Waals surface area contributed by atoms with E-state index in [9.17, 15) is 4.79 Å². The molecule has 0 spiro atoms. The number of rotatable bonds is 2. The molecule has 2 aliphatic rings. The summed E-state index contributed by atoms with van der Waals surface area (Å²) < 4.78 is 0. The normalized spacial score (nSPS) is 28.7. The molecule has 2 aliphatic heterocycles. The van der Waals surface area contributed by atoms with Gasteiger partial charge in [0, 0.05) is 24.5 Å². The largest absolute Gasteiger partial charge is 0.347 e. The van der Waals surface area contributed by atoms with Crippen molar-refractivity contribution < 1.29 is 4.79 Å². The fourth-order valence-electron chi connectivity index (χ4n) is 3.39. The first kappa shape index (κ1) is 12.3. The molecule has 20 heavy (non-hydrogen) atoms. The van der Waals surface area contributed by atoms with Crippen molar-refractivity contribution >= 4 is 27.5 Å². The van der Waals surface area contributed by atoms with E-state index in [0.29, 0.717) is 5.69 Å². The quantitative estimate of drug-likeness (QED) is 0.920. The maximum atomic E-state index is 12.3. The molecule has 0 saturated carbocycles. The molecule has 3 atom stereocenters. The summed E-state index contributed by atoms with van der Waals surface area (Å²) in [5.74, 6) is 0.731. The summed E-state index contributed by atoms with van der Waals surface area (Å²) in [7, 11) is 0. The van der Waals surface area contributed by atoms with Crippen LogP contribution >= 0.6 is 11.3 Å². The first-order chi connectivity index (χ1) is 9.78. The van der Waals surface area contributed by atoms with E-state index in [1.54, 1.807) is 11.3 Å². The van der Waals surface area contributed by atoms with Gasteiger partial charge in [-0.3, -0.25) is 4.79 Å². The average molecular weight is 287 g/mol. The molecule has 1 N–H and O–H groups in total. The third kappa shape index (κ3) is 2.21. The minimum Gasteiger partial charge on any atom is -0.347 e. The Morgan fingerprint density at radius 2 is 2.30 bits per heavy atom. The van der Waals surface area contributed by atoms with Crippen LogP contribution in [-0.4, -0.2) is 41.5 Å². The molecule has 2 aromatic rings. The molecule has 4 heterocycles. The number of hydrogen-bond acceptors (Lipinski definition) is 4. The maximum Gasteiger partial charge on any atom is 0.270 e. The number of aromatic nitrogens is 1. The SMILES string of the molecule is O=C(NC1CC2CCN(C2)C1)c1ccc2ccsc2n1. The van der Waals surface area contributed by atoms with Gasteiger partial charge in [-0.05, 0) is 48.9 Å². The summed E-state index contributed by atoms with van der Waals surface area (Å²) in [5.41, 5.74) is 0.535. The van der Waals surface area contributed by atoms with Crippen molar-refractivity contribution in [2.24, 2.45) is 5.92 Å². The van der Waals surface area contributed by atoms with Crippen LogP contribution in [0.5, 0.6) is 0 Å². The van der Waals surface area contributed by atoms with Gasteiger partial charge in [-0.25, -0.2) is 4.98 Å². The second-order valence-corrected chi connectivity index (χ2v) is 6.73. The minimum atomic E-state index is -0.0344. The number of pyridine rings is 1. The second-order valence-electron chi connectivity index (χ2n) is 5.83. The van der Waals surface area contributed by atoms with Crippen molar-refractivity contribution in [1.82, 2.24) is 15.2 Å². The van der Waals surface area contributed by atoms with Gasteiger partial charge < -0.3 is 10.2 Å². The molecule has 2 aromatic heterocycles. The van der Waals surface area contributed by atoms with Crippen LogP contribution in [0.1, 0.15) is 23.3 Å². The van der Waals surface area contributed by atoms with Gasteiger partial charge in [0.1, 0.15) is 10.5 Å². The number of carbonyl (C=O) groups excluding carboxylic acids is 1. The number of nitrogens with zero attached hydrogens (tertiary/aromatic N) is 2.